The van der Waals surface area contributed by atoms with Gasteiger partial charge in [-0.1, -0.05) is 12.1 Å². The highest BCUT2D eigenvalue weighted by molar-refractivity contribution is 7.89. The predicted octanol–water partition coefficient (Wildman–Crippen LogP) is 2.41. The molecular weight excluding hydrogens is 365 g/mol. The first kappa shape index (κ1) is 19.8. The quantitative estimate of drug-likeness (QED) is 0.822. The lowest BCUT2D eigenvalue weighted by Gasteiger charge is -2.34. The average molecular weight is 392 g/mol. The Kier molecular flexibility index (Phi) is 6.14. The van der Waals surface area contributed by atoms with E-state index in [4.69, 9.17) is 0 Å². The molecule has 0 bridgehead atoms. The SMILES string of the molecule is Cc1cc(F)ccc1S(=O)(=O)NCCc1ccc(N2CCN(C)CC2)cc1. The summed E-state index contributed by atoms with van der Waals surface area (Å²) in [6.07, 6.45) is 0.600. The van der Waals surface area contributed by atoms with E-state index in [0.717, 1.165) is 31.7 Å². The maximum absolute atomic E-state index is 13.2. The average Bonchev–Trinajstić information content (AvgIpc) is 2.62. The molecule has 2 aromatic carbocycles. The normalized spacial score (nSPS) is 15.9. The van der Waals surface area contributed by atoms with Crippen molar-refractivity contribution < 1.29 is 12.8 Å². The van der Waals surface area contributed by atoms with Crippen molar-refractivity contribution in [2.24, 2.45) is 0 Å². The van der Waals surface area contributed by atoms with Gasteiger partial charge in [-0.2, -0.15) is 0 Å². The summed E-state index contributed by atoms with van der Waals surface area (Å²) in [7, 11) is -1.50. The number of anilines is 1. The van der Waals surface area contributed by atoms with Crippen LogP contribution in [0.2, 0.25) is 0 Å². The number of nitrogens with one attached hydrogen (secondary N) is 1. The standard InChI is InChI=1S/C20H26FN3O2S/c1-16-15-18(21)5-8-20(16)27(25,26)22-10-9-17-3-6-19(7-4-17)24-13-11-23(2)12-14-24/h3-8,15,22H,9-14H2,1-2H3. The third kappa shape index (κ3) is 5.06. The summed E-state index contributed by atoms with van der Waals surface area (Å²) in [5.74, 6) is -0.438. The molecule has 0 radical (unpaired) electrons. The highest BCUT2D eigenvalue weighted by atomic mass is 32.2. The van der Waals surface area contributed by atoms with Gasteiger partial charge in [0.1, 0.15) is 5.82 Å². The zero-order valence-electron chi connectivity index (χ0n) is 15.8. The predicted molar refractivity (Wildman–Crippen MR) is 106 cm³/mol. The zero-order chi connectivity index (χ0) is 19.4. The molecule has 0 spiro atoms. The van der Waals surface area contributed by atoms with E-state index < -0.39 is 15.8 Å². The molecular formula is C20H26FN3O2S. The number of sulfonamides is 1. The number of hydrogen-bond donors (Lipinski definition) is 1. The fourth-order valence-electron chi connectivity index (χ4n) is 3.26. The molecule has 0 aromatic heterocycles. The van der Waals surface area contributed by atoms with Crippen molar-refractivity contribution in [1.82, 2.24) is 9.62 Å². The number of hydrogen-bond acceptors (Lipinski definition) is 4. The Morgan fingerprint density at radius 3 is 2.33 bits per heavy atom. The van der Waals surface area contributed by atoms with E-state index in [9.17, 15) is 12.8 Å². The summed E-state index contributed by atoms with van der Waals surface area (Å²) in [6.45, 7) is 6.06. The largest absolute Gasteiger partial charge is 0.369 e. The number of likely N-dealkylation sites (N-methyl/N-ethyl adjacent to an activating group) is 1. The fourth-order valence-corrected chi connectivity index (χ4v) is 4.52. The lowest BCUT2D eigenvalue weighted by atomic mass is 10.1. The molecule has 1 fully saturated rings. The van der Waals surface area contributed by atoms with Gasteiger partial charge in [-0.3, -0.25) is 0 Å². The second-order valence-corrected chi connectivity index (χ2v) is 8.75. The number of halogens is 1. The van der Waals surface area contributed by atoms with Crippen LogP contribution in [0.5, 0.6) is 0 Å². The summed E-state index contributed by atoms with van der Waals surface area (Å²) < 4.78 is 40.6. The molecule has 0 unspecified atom stereocenters. The Bertz CT molecular complexity index is 877. The molecule has 1 N–H and O–H groups in total. The van der Waals surface area contributed by atoms with Gasteiger partial charge in [0, 0.05) is 38.4 Å². The molecule has 1 aliphatic rings. The minimum absolute atomic E-state index is 0.120. The van der Waals surface area contributed by atoms with Crippen molar-refractivity contribution >= 4 is 15.7 Å². The van der Waals surface area contributed by atoms with Crippen LogP contribution in [-0.2, 0) is 16.4 Å². The van der Waals surface area contributed by atoms with E-state index in [1.54, 1.807) is 6.92 Å². The molecule has 0 saturated carbocycles. The van der Waals surface area contributed by atoms with E-state index in [2.05, 4.69) is 33.7 Å². The zero-order valence-corrected chi connectivity index (χ0v) is 16.6. The summed E-state index contributed by atoms with van der Waals surface area (Å²) in [5, 5.41) is 0. The third-order valence-corrected chi connectivity index (χ3v) is 6.56. The van der Waals surface area contributed by atoms with Crippen molar-refractivity contribution in [3.8, 4) is 0 Å². The molecule has 27 heavy (non-hydrogen) atoms. The molecule has 0 atom stereocenters. The summed E-state index contributed by atoms with van der Waals surface area (Å²) in [5.41, 5.74) is 2.68. The summed E-state index contributed by atoms with van der Waals surface area (Å²) in [6, 6.07) is 12.0. The Morgan fingerprint density at radius 1 is 1.04 bits per heavy atom. The highest BCUT2D eigenvalue weighted by Crippen LogP contribution is 2.18. The lowest BCUT2D eigenvalue weighted by molar-refractivity contribution is 0.313. The van der Waals surface area contributed by atoms with Crippen LogP contribution < -0.4 is 9.62 Å². The molecule has 1 heterocycles. The first-order valence-electron chi connectivity index (χ1n) is 9.13. The maximum atomic E-state index is 13.2. The van der Waals surface area contributed by atoms with Crippen molar-refractivity contribution in [3.05, 3.63) is 59.4 Å². The van der Waals surface area contributed by atoms with Gasteiger partial charge in [0.25, 0.3) is 0 Å². The van der Waals surface area contributed by atoms with E-state index in [0.29, 0.717) is 18.5 Å². The Balaban J connectivity index is 1.55. The Morgan fingerprint density at radius 2 is 1.70 bits per heavy atom. The number of piperazine rings is 1. The number of nitrogens with zero attached hydrogens (tertiary/aromatic N) is 2. The number of benzene rings is 2. The van der Waals surface area contributed by atoms with E-state index in [1.807, 2.05) is 12.1 Å². The summed E-state index contributed by atoms with van der Waals surface area (Å²) in [4.78, 5) is 4.80. The van der Waals surface area contributed by atoms with Crippen molar-refractivity contribution in [2.75, 3.05) is 44.7 Å². The Hall–Kier alpha value is -1.96. The van der Waals surface area contributed by atoms with Crippen LogP contribution in [0, 0.1) is 12.7 Å². The number of rotatable bonds is 6. The third-order valence-electron chi connectivity index (χ3n) is 4.94. The lowest BCUT2D eigenvalue weighted by Crippen LogP contribution is -2.44. The second kappa shape index (κ2) is 8.37. The number of aryl methyl sites for hydroxylation is 1. The van der Waals surface area contributed by atoms with Gasteiger partial charge in [-0.05, 0) is 61.9 Å². The van der Waals surface area contributed by atoms with Gasteiger partial charge >= 0.3 is 0 Å². The molecule has 2 aromatic rings. The molecule has 0 aliphatic carbocycles. The molecule has 7 heteroatoms. The molecule has 3 rings (SSSR count). The minimum Gasteiger partial charge on any atom is -0.369 e. The van der Waals surface area contributed by atoms with Gasteiger partial charge in [-0.15, -0.1) is 0 Å². The van der Waals surface area contributed by atoms with Crippen molar-refractivity contribution in [3.63, 3.8) is 0 Å². The van der Waals surface area contributed by atoms with Crippen LogP contribution in [-0.4, -0.2) is 53.1 Å². The monoisotopic (exact) mass is 391 g/mol. The molecule has 146 valence electrons. The highest BCUT2D eigenvalue weighted by Gasteiger charge is 2.17. The van der Waals surface area contributed by atoms with Gasteiger partial charge < -0.3 is 9.80 Å². The molecule has 1 saturated heterocycles. The smallest absolute Gasteiger partial charge is 0.240 e. The maximum Gasteiger partial charge on any atom is 0.240 e. The van der Waals surface area contributed by atoms with Gasteiger partial charge in [0.05, 0.1) is 4.90 Å². The minimum atomic E-state index is -3.64. The summed E-state index contributed by atoms with van der Waals surface area (Å²) >= 11 is 0. The first-order chi connectivity index (χ1) is 12.8. The molecule has 5 nitrogen and oxygen atoms in total. The van der Waals surface area contributed by atoms with E-state index >= 15 is 0 Å². The van der Waals surface area contributed by atoms with E-state index in [-0.39, 0.29) is 4.90 Å². The fraction of sp³-hybridized carbons (Fsp3) is 0.400. The van der Waals surface area contributed by atoms with Crippen LogP contribution in [0.15, 0.2) is 47.4 Å². The van der Waals surface area contributed by atoms with E-state index in [1.165, 1.54) is 23.9 Å². The first-order valence-corrected chi connectivity index (χ1v) is 10.6. The molecule has 1 aliphatic heterocycles. The van der Waals surface area contributed by atoms with Crippen molar-refractivity contribution in [2.45, 2.75) is 18.2 Å². The van der Waals surface area contributed by atoms with Crippen LogP contribution in [0.1, 0.15) is 11.1 Å². The Labute approximate surface area is 160 Å². The van der Waals surface area contributed by atoms with Gasteiger partial charge in [-0.25, -0.2) is 17.5 Å². The van der Waals surface area contributed by atoms with Crippen molar-refractivity contribution in [1.29, 1.82) is 0 Å². The van der Waals surface area contributed by atoms with Gasteiger partial charge in [0.15, 0.2) is 0 Å². The topological polar surface area (TPSA) is 52.7 Å². The van der Waals surface area contributed by atoms with Crippen LogP contribution >= 0.6 is 0 Å². The van der Waals surface area contributed by atoms with Crippen LogP contribution in [0.3, 0.4) is 0 Å². The van der Waals surface area contributed by atoms with Crippen LogP contribution in [0.4, 0.5) is 10.1 Å². The second-order valence-electron chi connectivity index (χ2n) is 7.01. The molecule has 0 amide bonds. The van der Waals surface area contributed by atoms with Gasteiger partial charge in [0.2, 0.25) is 10.0 Å². The van der Waals surface area contributed by atoms with Crippen LogP contribution in [0.25, 0.3) is 0 Å².